The first kappa shape index (κ1) is 23.3. The molecule has 2 nitrogen and oxygen atoms in total. The largest absolute Gasteiger partial charge is 0.481 e. The Kier molecular flexibility index (Phi) is 18.8. The molecule has 0 aliphatic carbocycles. The molecular formula is C18H34O2S3. The molecule has 5 heteroatoms. The quantitative estimate of drug-likeness (QED) is 0.233. The van der Waals surface area contributed by atoms with Gasteiger partial charge < -0.3 is 5.11 Å². The molecule has 0 aromatic heterocycles. The first-order valence-corrected chi connectivity index (χ1v) is 11.6. The molecule has 0 fully saturated rings. The van der Waals surface area contributed by atoms with Gasteiger partial charge in [-0.2, -0.15) is 0 Å². The molecule has 0 atom stereocenters. The summed E-state index contributed by atoms with van der Waals surface area (Å²) in [5, 5.41) is 8.55. The van der Waals surface area contributed by atoms with Gasteiger partial charge in [0.25, 0.3) is 0 Å². The number of unbranched alkanes of at least 4 members (excludes halogenated alkanes) is 10. The van der Waals surface area contributed by atoms with E-state index in [1.165, 1.54) is 64.2 Å². The van der Waals surface area contributed by atoms with Crippen LogP contribution in [-0.2, 0) is 4.79 Å². The average molecular weight is 379 g/mol. The molecule has 0 unspecified atom stereocenters. The Balaban J connectivity index is 3.16. The smallest absolute Gasteiger partial charge is 0.303 e. The highest BCUT2D eigenvalue weighted by atomic mass is 32.2. The van der Waals surface area contributed by atoms with Crippen molar-refractivity contribution in [1.82, 2.24) is 0 Å². The summed E-state index contributed by atoms with van der Waals surface area (Å²) < 4.78 is 1.02. The summed E-state index contributed by atoms with van der Waals surface area (Å²) in [4.78, 5) is 10.4. The third kappa shape index (κ3) is 20.2. The topological polar surface area (TPSA) is 37.3 Å². The minimum atomic E-state index is -0.701. The van der Waals surface area contributed by atoms with Crippen molar-refractivity contribution in [1.29, 1.82) is 0 Å². The maximum absolute atomic E-state index is 10.4. The lowest BCUT2D eigenvalue weighted by atomic mass is 10.1. The van der Waals surface area contributed by atoms with E-state index in [1.54, 1.807) is 23.5 Å². The zero-order valence-electron chi connectivity index (χ0n) is 14.7. The Morgan fingerprint density at radius 2 is 1.22 bits per heavy atom. The molecular weight excluding hydrogens is 344 g/mol. The second-order valence-electron chi connectivity index (χ2n) is 5.98. The zero-order chi connectivity index (χ0) is 17.2. The van der Waals surface area contributed by atoms with Crippen LogP contribution in [0.2, 0.25) is 0 Å². The Morgan fingerprint density at radius 3 is 1.70 bits per heavy atom. The van der Waals surface area contributed by atoms with Crippen molar-refractivity contribution in [2.24, 2.45) is 0 Å². The maximum atomic E-state index is 10.4. The second-order valence-corrected chi connectivity index (χ2v) is 9.37. The Morgan fingerprint density at radius 1 is 0.783 bits per heavy atom. The fourth-order valence-corrected chi connectivity index (χ4v) is 4.68. The van der Waals surface area contributed by atoms with E-state index < -0.39 is 5.97 Å². The molecule has 0 rings (SSSR count). The van der Waals surface area contributed by atoms with E-state index in [-0.39, 0.29) is 6.42 Å². The summed E-state index contributed by atoms with van der Waals surface area (Å²) in [6.45, 7) is 2.27. The van der Waals surface area contributed by atoms with Crippen molar-refractivity contribution in [2.75, 3.05) is 11.5 Å². The summed E-state index contributed by atoms with van der Waals surface area (Å²) in [6, 6.07) is 0. The van der Waals surface area contributed by atoms with Crippen molar-refractivity contribution < 1.29 is 9.90 Å². The first-order chi connectivity index (χ1) is 11.2. The van der Waals surface area contributed by atoms with E-state index in [0.717, 1.165) is 27.9 Å². The average Bonchev–Trinajstić information content (AvgIpc) is 2.52. The standard InChI is InChI=1S/C18H34O2S3/c1-2-3-4-5-6-7-8-9-10-12-15-22-18(21)23-16-13-11-14-17(19)20/h2-16H2,1H3,(H,19,20). The van der Waals surface area contributed by atoms with Crippen LogP contribution in [0.25, 0.3) is 0 Å². The highest BCUT2D eigenvalue weighted by Crippen LogP contribution is 2.21. The van der Waals surface area contributed by atoms with E-state index in [2.05, 4.69) is 6.92 Å². The molecule has 0 aliphatic rings. The number of thioether (sulfide) groups is 2. The SMILES string of the molecule is CCCCCCCCCCCCSC(=S)SCCCCC(=O)O. The number of rotatable bonds is 16. The van der Waals surface area contributed by atoms with E-state index in [0.29, 0.717) is 0 Å². The van der Waals surface area contributed by atoms with Crippen LogP contribution in [0.4, 0.5) is 0 Å². The van der Waals surface area contributed by atoms with Crippen LogP contribution in [0.3, 0.4) is 0 Å². The van der Waals surface area contributed by atoms with Crippen molar-refractivity contribution in [2.45, 2.75) is 90.4 Å². The minimum absolute atomic E-state index is 0.277. The Hall–Kier alpha value is 0.260. The van der Waals surface area contributed by atoms with Gasteiger partial charge in [0.2, 0.25) is 0 Å². The van der Waals surface area contributed by atoms with Gasteiger partial charge in [0, 0.05) is 6.42 Å². The molecule has 0 saturated heterocycles. The molecule has 0 aliphatic heterocycles. The summed E-state index contributed by atoms with van der Waals surface area (Å²) >= 11 is 8.84. The van der Waals surface area contributed by atoms with Crippen LogP contribution in [0.1, 0.15) is 90.4 Å². The number of carboxylic acid groups (broad SMARTS) is 1. The minimum Gasteiger partial charge on any atom is -0.481 e. The lowest BCUT2D eigenvalue weighted by Crippen LogP contribution is -1.95. The van der Waals surface area contributed by atoms with E-state index in [4.69, 9.17) is 17.3 Å². The van der Waals surface area contributed by atoms with Gasteiger partial charge in [-0.15, -0.1) is 23.5 Å². The molecule has 0 spiro atoms. The number of carboxylic acids is 1. The monoisotopic (exact) mass is 378 g/mol. The van der Waals surface area contributed by atoms with E-state index in [9.17, 15) is 4.79 Å². The van der Waals surface area contributed by atoms with Crippen molar-refractivity contribution in [3.8, 4) is 0 Å². The number of hydrogen-bond donors (Lipinski definition) is 1. The lowest BCUT2D eigenvalue weighted by molar-refractivity contribution is -0.137. The predicted octanol–water partition coefficient (Wildman–Crippen LogP) is 6.91. The highest BCUT2D eigenvalue weighted by Gasteiger charge is 2.01. The molecule has 1 N–H and O–H groups in total. The molecule has 0 radical (unpaired) electrons. The van der Waals surface area contributed by atoms with Crippen LogP contribution < -0.4 is 0 Å². The summed E-state index contributed by atoms with van der Waals surface area (Å²) in [7, 11) is 0. The van der Waals surface area contributed by atoms with Gasteiger partial charge in [0.1, 0.15) is 3.53 Å². The van der Waals surface area contributed by atoms with Gasteiger partial charge in [-0.1, -0.05) is 76.9 Å². The fourth-order valence-electron chi connectivity index (χ4n) is 2.32. The lowest BCUT2D eigenvalue weighted by Gasteiger charge is -2.04. The van der Waals surface area contributed by atoms with Crippen LogP contribution in [0, 0.1) is 0 Å². The molecule has 0 heterocycles. The van der Waals surface area contributed by atoms with Crippen LogP contribution in [0.15, 0.2) is 0 Å². The first-order valence-electron chi connectivity index (χ1n) is 9.18. The van der Waals surface area contributed by atoms with Crippen LogP contribution in [-0.4, -0.2) is 26.1 Å². The molecule has 23 heavy (non-hydrogen) atoms. The van der Waals surface area contributed by atoms with Crippen molar-refractivity contribution >= 4 is 45.2 Å². The van der Waals surface area contributed by atoms with Gasteiger partial charge in [0.05, 0.1) is 0 Å². The maximum Gasteiger partial charge on any atom is 0.303 e. The third-order valence-corrected chi connectivity index (χ3v) is 6.59. The van der Waals surface area contributed by atoms with Gasteiger partial charge in [-0.05, 0) is 30.8 Å². The predicted molar refractivity (Wildman–Crippen MR) is 111 cm³/mol. The van der Waals surface area contributed by atoms with Crippen LogP contribution >= 0.6 is 35.7 Å². The van der Waals surface area contributed by atoms with E-state index in [1.807, 2.05) is 0 Å². The molecule has 0 aromatic carbocycles. The Labute approximate surface area is 157 Å². The van der Waals surface area contributed by atoms with Crippen molar-refractivity contribution in [3.63, 3.8) is 0 Å². The molecule has 136 valence electrons. The van der Waals surface area contributed by atoms with Gasteiger partial charge >= 0.3 is 5.97 Å². The second kappa shape index (κ2) is 18.6. The van der Waals surface area contributed by atoms with Gasteiger partial charge in [-0.3, -0.25) is 4.79 Å². The van der Waals surface area contributed by atoms with Gasteiger partial charge in [0.15, 0.2) is 0 Å². The number of thiocarbonyl (C=S) groups is 1. The van der Waals surface area contributed by atoms with Crippen LogP contribution in [0.5, 0.6) is 0 Å². The number of aliphatic carboxylic acids is 1. The summed E-state index contributed by atoms with van der Waals surface area (Å²) in [6.07, 6.45) is 15.7. The van der Waals surface area contributed by atoms with E-state index >= 15 is 0 Å². The third-order valence-electron chi connectivity index (χ3n) is 3.72. The number of carbonyl (C=O) groups is 1. The fraction of sp³-hybridized carbons (Fsp3) is 0.889. The summed E-state index contributed by atoms with van der Waals surface area (Å²) in [5.41, 5.74) is 0. The van der Waals surface area contributed by atoms with Crippen molar-refractivity contribution in [3.05, 3.63) is 0 Å². The molecule has 0 aromatic rings. The molecule has 0 amide bonds. The molecule has 0 saturated carbocycles. The zero-order valence-corrected chi connectivity index (χ0v) is 17.1. The Bertz CT molecular complexity index is 296. The highest BCUT2D eigenvalue weighted by molar-refractivity contribution is 8.47. The molecule has 0 bridgehead atoms. The summed E-state index contributed by atoms with van der Waals surface area (Å²) in [5.74, 6) is 1.39. The number of hydrogen-bond acceptors (Lipinski definition) is 4. The van der Waals surface area contributed by atoms with Gasteiger partial charge in [-0.25, -0.2) is 0 Å². The normalized spacial score (nSPS) is 10.8.